The van der Waals surface area contributed by atoms with Crippen molar-refractivity contribution in [1.29, 1.82) is 0 Å². The number of hydrogen-bond acceptors (Lipinski definition) is 11. The molecule has 0 aromatic carbocycles. The van der Waals surface area contributed by atoms with Gasteiger partial charge in [0.1, 0.15) is 0 Å². The molecule has 16 heteroatoms. The lowest BCUT2D eigenvalue weighted by atomic mass is 10.3. The Labute approximate surface area is 164 Å². The summed E-state index contributed by atoms with van der Waals surface area (Å²) >= 11 is 0. The summed E-state index contributed by atoms with van der Waals surface area (Å²) in [6, 6.07) is 0.262. The zero-order chi connectivity index (χ0) is 21.2. The number of nitrogens with zero attached hydrogens (tertiary/aromatic N) is 8. The van der Waals surface area contributed by atoms with Gasteiger partial charge in [-0.25, -0.2) is 9.52 Å². The number of sulfonamides is 1. The third-order valence-corrected chi connectivity index (χ3v) is 4.61. The molecule has 0 atom stereocenters. The first-order chi connectivity index (χ1) is 13.7. The van der Waals surface area contributed by atoms with Crippen molar-refractivity contribution < 1.29 is 22.7 Å². The van der Waals surface area contributed by atoms with E-state index in [0.717, 1.165) is 4.80 Å². The fourth-order valence-electron chi connectivity index (χ4n) is 2.18. The molecule has 3 aromatic rings. The molecule has 0 saturated carbocycles. The summed E-state index contributed by atoms with van der Waals surface area (Å²) in [7, 11) is 1.36. The van der Waals surface area contributed by atoms with E-state index in [-0.39, 0.29) is 29.1 Å². The summed E-state index contributed by atoms with van der Waals surface area (Å²) in [6.45, 7) is 0. The Morgan fingerprint density at radius 1 is 1.10 bits per heavy atom. The van der Waals surface area contributed by atoms with Crippen molar-refractivity contribution in [2.45, 2.75) is 5.03 Å². The minimum absolute atomic E-state index is 0.0299. The number of anilines is 1. The Kier molecular flexibility index (Phi) is 5.26. The Morgan fingerprint density at radius 2 is 1.76 bits per heavy atom. The highest BCUT2D eigenvalue weighted by atomic mass is 32.2. The lowest BCUT2D eigenvalue weighted by Crippen LogP contribution is -2.35. The van der Waals surface area contributed by atoms with Crippen molar-refractivity contribution >= 4 is 22.0 Å². The van der Waals surface area contributed by atoms with Gasteiger partial charge in [-0.2, -0.15) is 28.3 Å². The van der Waals surface area contributed by atoms with Crippen LogP contribution in [0.1, 0.15) is 0 Å². The van der Waals surface area contributed by atoms with E-state index in [1.54, 1.807) is 0 Å². The van der Waals surface area contributed by atoms with Crippen LogP contribution in [0.2, 0.25) is 0 Å². The quantitative estimate of drug-likeness (QED) is 0.491. The summed E-state index contributed by atoms with van der Waals surface area (Å²) in [5.41, 5.74) is 0.0696. The van der Waals surface area contributed by atoms with Crippen LogP contribution < -0.4 is 19.5 Å². The molecular weight excluding hydrogens is 408 g/mol. The molecule has 0 bridgehead atoms. The zero-order valence-corrected chi connectivity index (χ0v) is 16.5. The van der Waals surface area contributed by atoms with Crippen LogP contribution in [0, 0.1) is 0 Å². The Morgan fingerprint density at radius 3 is 2.31 bits per heavy atom. The molecule has 0 aliphatic rings. The van der Waals surface area contributed by atoms with E-state index in [0.29, 0.717) is 0 Å². The molecule has 15 nitrogen and oxygen atoms in total. The highest BCUT2D eigenvalue weighted by Gasteiger charge is 2.28. The van der Waals surface area contributed by atoms with E-state index in [9.17, 15) is 13.2 Å². The molecule has 3 heterocycles. The lowest BCUT2D eigenvalue weighted by Gasteiger charge is -2.09. The SMILES string of the molecule is COc1cc(OC)nc(NC(=O)NS(=O)(=O)c2nn(C)cc2-c2nnn(C)n2)n1. The van der Waals surface area contributed by atoms with E-state index in [1.807, 2.05) is 4.72 Å². The smallest absolute Gasteiger partial charge is 0.335 e. The summed E-state index contributed by atoms with van der Waals surface area (Å²) in [5.74, 6) is 0.0134. The molecule has 0 spiro atoms. The van der Waals surface area contributed by atoms with Crippen LogP contribution >= 0.6 is 0 Å². The predicted octanol–water partition coefficient (Wildman–Crippen LogP) is -1.07. The minimum Gasteiger partial charge on any atom is -0.481 e. The van der Waals surface area contributed by atoms with Gasteiger partial charge in [0.15, 0.2) is 0 Å². The fourth-order valence-corrected chi connectivity index (χ4v) is 3.24. The molecule has 3 rings (SSSR count). The maximum Gasteiger partial charge on any atom is 0.335 e. The third-order valence-electron chi connectivity index (χ3n) is 3.35. The first kappa shape index (κ1) is 19.9. The first-order valence-electron chi connectivity index (χ1n) is 7.80. The Bertz CT molecular complexity index is 1130. The highest BCUT2D eigenvalue weighted by molar-refractivity contribution is 7.90. The number of methoxy groups -OCH3 is 2. The van der Waals surface area contributed by atoms with Gasteiger partial charge in [-0.3, -0.25) is 10.00 Å². The second kappa shape index (κ2) is 7.66. The number of urea groups is 1. The van der Waals surface area contributed by atoms with Gasteiger partial charge in [0.05, 0.1) is 32.9 Å². The molecule has 154 valence electrons. The van der Waals surface area contributed by atoms with Crippen LogP contribution in [0.15, 0.2) is 17.3 Å². The highest BCUT2D eigenvalue weighted by Crippen LogP contribution is 2.22. The molecule has 0 aliphatic heterocycles. The van der Waals surface area contributed by atoms with Gasteiger partial charge in [-0.15, -0.1) is 10.2 Å². The number of carbonyl (C=O) groups excluding carboxylic acids is 1. The van der Waals surface area contributed by atoms with Crippen LogP contribution in [0.4, 0.5) is 10.7 Å². The summed E-state index contributed by atoms with van der Waals surface area (Å²) < 4.78 is 38.3. The monoisotopic (exact) mass is 424 g/mol. The van der Waals surface area contributed by atoms with Crippen molar-refractivity contribution in [2.24, 2.45) is 14.1 Å². The van der Waals surface area contributed by atoms with E-state index < -0.39 is 21.1 Å². The Balaban J connectivity index is 1.84. The van der Waals surface area contributed by atoms with E-state index >= 15 is 0 Å². The molecular formula is C13H16N10O5S. The van der Waals surface area contributed by atoms with Gasteiger partial charge in [-0.1, -0.05) is 0 Å². The number of rotatable bonds is 6. The van der Waals surface area contributed by atoms with E-state index in [4.69, 9.17) is 9.47 Å². The van der Waals surface area contributed by atoms with Gasteiger partial charge in [0, 0.05) is 13.2 Å². The van der Waals surface area contributed by atoms with Crippen LogP contribution in [-0.2, 0) is 24.1 Å². The molecule has 3 aromatic heterocycles. The van der Waals surface area contributed by atoms with Gasteiger partial charge in [0.2, 0.25) is 28.6 Å². The van der Waals surface area contributed by atoms with Crippen molar-refractivity contribution in [2.75, 3.05) is 19.5 Å². The summed E-state index contributed by atoms with van der Waals surface area (Å²) in [5, 5.41) is 17.0. The number of hydrogen-bond donors (Lipinski definition) is 2. The van der Waals surface area contributed by atoms with Gasteiger partial charge >= 0.3 is 6.03 Å². The van der Waals surface area contributed by atoms with Gasteiger partial charge < -0.3 is 9.47 Å². The number of aromatic nitrogens is 8. The standard InChI is InChI=1S/C13H16N10O5S/c1-22-6-7(10-17-21-23(2)18-10)11(19-22)29(25,26)20-13(24)16-12-14-8(27-3)5-9(15-12)28-4/h5-6H,1-4H3,(H2,14,15,16,20,24). The molecule has 0 fully saturated rings. The number of tetrazole rings is 1. The lowest BCUT2D eigenvalue weighted by molar-refractivity contribution is 0.256. The fraction of sp³-hybridized carbons (Fsp3) is 0.308. The van der Waals surface area contributed by atoms with E-state index in [1.165, 1.54) is 45.3 Å². The van der Waals surface area contributed by atoms with E-state index in [2.05, 4.69) is 35.8 Å². The molecule has 0 radical (unpaired) electrons. The maximum atomic E-state index is 12.7. The normalized spacial score (nSPS) is 11.2. The summed E-state index contributed by atoms with van der Waals surface area (Å²) in [6.07, 6.45) is 1.39. The summed E-state index contributed by atoms with van der Waals surface area (Å²) in [4.78, 5) is 21.1. The third kappa shape index (κ3) is 4.37. The van der Waals surface area contributed by atoms with Crippen molar-refractivity contribution in [3.63, 3.8) is 0 Å². The van der Waals surface area contributed by atoms with Crippen molar-refractivity contribution in [1.82, 2.24) is 44.7 Å². The second-order valence-electron chi connectivity index (χ2n) is 5.46. The molecule has 29 heavy (non-hydrogen) atoms. The van der Waals surface area contributed by atoms with Crippen LogP contribution in [0.25, 0.3) is 11.4 Å². The number of carbonyl (C=O) groups is 1. The first-order valence-corrected chi connectivity index (χ1v) is 9.29. The molecule has 2 N–H and O–H groups in total. The van der Waals surface area contributed by atoms with Crippen LogP contribution in [0.5, 0.6) is 11.8 Å². The molecule has 0 saturated heterocycles. The topological polar surface area (TPSA) is 181 Å². The predicted molar refractivity (Wildman–Crippen MR) is 95.5 cm³/mol. The van der Waals surface area contributed by atoms with Gasteiger partial charge in [-0.05, 0) is 5.21 Å². The van der Waals surface area contributed by atoms with Crippen molar-refractivity contribution in [3.8, 4) is 23.1 Å². The average molecular weight is 424 g/mol. The average Bonchev–Trinajstić information content (AvgIpc) is 3.26. The maximum absolute atomic E-state index is 12.7. The zero-order valence-electron chi connectivity index (χ0n) is 15.7. The number of ether oxygens (including phenoxy) is 2. The Hall–Kier alpha value is -3.82. The van der Waals surface area contributed by atoms with Crippen LogP contribution in [-0.4, -0.2) is 68.6 Å². The molecule has 2 amide bonds. The molecule has 0 aliphatic carbocycles. The molecule has 0 unspecified atom stereocenters. The number of nitrogens with one attached hydrogen (secondary N) is 2. The number of amides is 2. The largest absolute Gasteiger partial charge is 0.481 e. The minimum atomic E-state index is -4.39. The van der Waals surface area contributed by atoms with Crippen molar-refractivity contribution in [3.05, 3.63) is 12.3 Å². The van der Waals surface area contributed by atoms with Gasteiger partial charge in [0.25, 0.3) is 10.0 Å². The van der Waals surface area contributed by atoms with Crippen LogP contribution in [0.3, 0.4) is 0 Å². The second-order valence-corrected chi connectivity index (χ2v) is 7.06. The number of aryl methyl sites for hydroxylation is 2.